The molecule has 5 rings (SSSR count). The van der Waals surface area contributed by atoms with Gasteiger partial charge in [-0.25, -0.2) is 18.7 Å². The SMILES string of the molecule is CCOc1ccc(C(=N)c2c(N)ncnc2NC(C)c2oc3ccccc3c(=O)c2-c2cccc(F)c2)cc1F. The normalized spacial score (nSPS) is 11.8. The van der Waals surface area contributed by atoms with Gasteiger partial charge in [0.15, 0.2) is 11.6 Å². The molecule has 0 bridgehead atoms. The van der Waals surface area contributed by atoms with Gasteiger partial charge in [0.1, 0.15) is 35.1 Å². The van der Waals surface area contributed by atoms with Crippen molar-refractivity contribution in [2.75, 3.05) is 17.7 Å². The topological polar surface area (TPSA) is 127 Å². The van der Waals surface area contributed by atoms with Gasteiger partial charge in [0.25, 0.3) is 0 Å². The summed E-state index contributed by atoms with van der Waals surface area (Å²) in [4.78, 5) is 21.9. The van der Waals surface area contributed by atoms with E-state index < -0.39 is 17.7 Å². The van der Waals surface area contributed by atoms with Crippen molar-refractivity contribution in [1.82, 2.24) is 9.97 Å². The van der Waals surface area contributed by atoms with Gasteiger partial charge in [-0.15, -0.1) is 0 Å². The molecule has 0 aliphatic carbocycles. The molecule has 0 radical (unpaired) electrons. The van der Waals surface area contributed by atoms with Crippen molar-refractivity contribution in [2.45, 2.75) is 19.9 Å². The van der Waals surface area contributed by atoms with Gasteiger partial charge in [0, 0.05) is 5.56 Å². The maximum atomic E-state index is 14.6. The maximum absolute atomic E-state index is 14.6. The van der Waals surface area contributed by atoms with Crippen molar-refractivity contribution in [2.24, 2.45) is 0 Å². The molecule has 10 heteroatoms. The van der Waals surface area contributed by atoms with Crippen LogP contribution in [0.5, 0.6) is 5.75 Å². The summed E-state index contributed by atoms with van der Waals surface area (Å²) >= 11 is 0. The van der Waals surface area contributed by atoms with Gasteiger partial charge in [-0.05, 0) is 61.9 Å². The minimum Gasteiger partial charge on any atom is -0.491 e. The number of nitrogens with one attached hydrogen (secondary N) is 2. The number of nitrogens with zero attached hydrogens (tertiary/aromatic N) is 2. The monoisotopic (exact) mass is 541 g/mol. The quantitative estimate of drug-likeness (QED) is 0.203. The van der Waals surface area contributed by atoms with Crippen LogP contribution in [-0.2, 0) is 0 Å². The van der Waals surface area contributed by atoms with E-state index in [0.717, 1.165) is 0 Å². The zero-order valence-corrected chi connectivity index (χ0v) is 21.7. The molecule has 0 spiro atoms. The molecule has 3 aromatic carbocycles. The number of fused-ring (bicyclic) bond motifs is 1. The fraction of sp³-hybridized carbons (Fsp3) is 0.133. The van der Waals surface area contributed by atoms with Crippen LogP contribution >= 0.6 is 0 Å². The highest BCUT2D eigenvalue weighted by atomic mass is 19.1. The van der Waals surface area contributed by atoms with Gasteiger partial charge in [-0.3, -0.25) is 10.2 Å². The Bertz CT molecular complexity index is 1800. The van der Waals surface area contributed by atoms with E-state index in [2.05, 4.69) is 15.3 Å². The maximum Gasteiger partial charge on any atom is 0.200 e. The number of nitrogens with two attached hydrogens (primary N) is 1. The number of hydrogen-bond donors (Lipinski definition) is 3. The van der Waals surface area contributed by atoms with Gasteiger partial charge < -0.3 is 20.2 Å². The molecule has 0 saturated heterocycles. The summed E-state index contributed by atoms with van der Waals surface area (Å²) in [6.45, 7) is 3.77. The predicted molar refractivity (Wildman–Crippen MR) is 150 cm³/mol. The second kappa shape index (κ2) is 10.9. The van der Waals surface area contributed by atoms with E-state index in [4.69, 9.17) is 20.3 Å². The van der Waals surface area contributed by atoms with E-state index in [0.29, 0.717) is 23.1 Å². The van der Waals surface area contributed by atoms with E-state index in [1.165, 1.54) is 36.7 Å². The van der Waals surface area contributed by atoms with Crippen LogP contribution in [-0.4, -0.2) is 22.3 Å². The Balaban J connectivity index is 1.59. The first-order chi connectivity index (χ1) is 19.3. The molecule has 0 fully saturated rings. The van der Waals surface area contributed by atoms with Gasteiger partial charge in [-0.2, -0.15) is 0 Å². The highest BCUT2D eigenvalue weighted by Gasteiger charge is 2.24. The Morgan fingerprint density at radius 3 is 2.65 bits per heavy atom. The average molecular weight is 542 g/mol. The third kappa shape index (κ3) is 4.98. The molecule has 0 aliphatic rings. The fourth-order valence-electron chi connectivity index (χ4n) is 4.48. The molecule has 0 amide bonds. The molecular weight excluding hydrogens is 516 g/mol. The van der Waals surface area contributed by atoms with Crippen molar-refractivity contribution in [1.29, 1.82) is 5.41 Å². The number of aromatic nitrogens is 2. The van der Waals surface area contributed by atoms with Gasteiger partial charge in [0.05, 0.1) is 34.9 Å². The minimum atomic E-state index is -0.700. The summed E-state index contributed by atoms with van der Waals surface area (Å²) in [5.74, 6) is -0.663. The molecule has 1 unspecified atom stereocenters. The molecule has 8 nitrogen and oxygen atoms in total. The van der Waals surface area contributed by atoms with Crippen LogP contribution < -0.4 is 21.2 Å². The Labute approximate surface area is 228 Å². The standard InChI is InChI=1S/C30H25F2N5O3/c1-3-39-23-12-11-18(14-21(23)32)26(33)25-29(34)35-15-36-30(25)37-16(2)28-24(17-7-6-8-19(31)13-17)27(38)20-9-4-5-10-22(20)40-28/h4-16,33H,3H2,1-2H3,(H3,34,35,36,37). The minimum absolute atomic E-state index is 0.00527. The number of hydrogen-bond acceptors (Lipinski definition) is 8. The summed E-state index contributed by atoms with van der Waals surface area (Å²) in [7, 11) is 0. The molecule has 202 valence electrons. The lowest BCUT2D eigenvalue weighted by Gasteiger charge is -2.20. The molecule has 2 aromatic heterocycles. The Kier molecular flexibility index (Phi) is 7.24. The lowest BCUT2D eigenvalue weighted by atomic mass is 9.98. The first-order valence-electron chi connectivity index (χ1n) is 12.5. The summed E-state index contributed by atoms with van der Waals surface area (Å²) in [6, 6.07) is 15.9. The van der Waals surface area contributed by atoms with Crippen molar-refractivity contribution in [3.05, 3.63) is 112 Å². The van der Waals surface area contributed by atoms with E-state index in [9.17, 15) is 13.6 Å². The molecule has 0 saturated carbocycles. The zero-order valence-electron chi connectivity index (χ0n) is 21.7. The molecule has 5 aromatic rings. The van der Waals surface area contributed by atoms with Crippen LogP contribution in [0.25, 0.3) is 22.1 Å². The highest BCUT2D eigenvalue weighted by molar-refractivity contribution is 6.16. The van der Waals surface area contributed by atoms with E-state index in [1.54, 1.807) is 50.2 Å². The second-order valence-electron chi connectivity index (χ2n) is 8.98. The van der Waals surface area contributed by atoms with Gasteiger partial charge >= 0.3 is 0 Å². The number of anilines is 2. The first kappa shape index (κ1) is 26.5. The average Bonchev–Trinajstić information content (AvgIpc) is 2.94. The third-order valence-corrected chi connectivity index (χ3v) is 6.33. The Morgan fingerprint density at radius 2 is 1.90 bits per heavy atom. The smallest absolute Gasteiger partial charge is 0.200 e. The predicted octanol–water partition coefficient (Wildman–Crippen LogP) is 6.10. The van der Waals surface area contributed by atoms with E-state index in [-0.39, 0.29) is 51.0 Å². The summed E-state index contributed by atoms with van der Waals surface area (Å²) in [6.07, 6.45) is 1.23. The zero-order chi connectivity index (χ0) is 28.4. The van der Waals surface area contributed by atoms with Crippen molar-refractivity contribution in [3.63, 3.8) is 0 Å². The van der Waals surface area contributed by atoms with Crippen LogP contribution in [0, 0.1) is 17.0 Å². The Hall–Kier alpha value is -5.12. The third-order valence-electron chi connectivity index (χ3n) is 6.33. The van der Waals surface area contributed by atoms with Gasteiger partial charge in [-0.1, -0.05) is 24.3 Å². The number of para-hydroxylation sites is 1. The molecule has 2 heterocycles. The largest absolute Gasteiger partial charge is 0.491 e. The van der Waals surface area contributed by atoms with Crippen molar-refractivity contribution >= 4 is 28.3 Å². The van der Waals surface area contributed by atoms with Crippen molar-refractivity contribution in [3.8, 4) is 16.9 Å². The molecular formula is C30H25F2N5O3. The number of rotatable bonds is 8. The van der Waals surface area contributed by atoms with E-state index >= 15 is 0 Å². The summed E-state index contributed by atoms with van der Waals surface area (Å²) in [5, 5.41) is 12.3. The van der Waals surface area contributed by atoms with Crippen LogP contribution in [0.15, 0.2) is 82.3 Å². The summed E-state index contributed by atoms with van der Waals surface area (Å²) < 4.78 is 40.2. The van der Waals surface area contributed by atoms with Crippen LogP contribution in [0.1, 0.15) is 36.8 Å². The molecule has 4 N–H and O–H groups in total. The number of nitrogen functional groups attached to an aromatic ring is 1. The summed E-state index contributed by atoms with van der Waals surface area (Å²) in [5.41, 5.74) is 6.97. The Morgan fingerprint density at radius 1 is 1.10 bits per heavy atom. The number of halogens is 2. The molecule has 0 aliphatic heterocycles. The number of benzene rings is 3. The lowest BCUT2D eigenvalue weighted by molar-refractivity contribution is 0.321. The first-order valence-corrected chi connectivity index (χ1v) is 12.5. The van der Waals surface area contributed by atoms with Crippen LogP contribution in [0.3, 0.4) is 0 Å². The van der Waals surface area contributed by atoms with Crippen LogP contribution in [0.2, 0.25) is 0 Å². The molecule has 1 atom stereocenters. The van der Waals surface area contributed by atoms with Gasteiger partial charge in [0.2, 0.25) is 5.43 Å². The lowest BCUT2D eigenvalue weighted by Crippen LogP contribution is -2.19. The fourth-order valence-corrected chi connectivity index (χ4v) is 4.48. The second-order valence-corrected chi connectivity index (χ2v) is 8.98. The highest BCUT2D eigenvalue weighted by Crippen LogP contribution is 2.33. The van der Waals surface area contributed by atoms with E-state index in [1.807, 2.05) is 0 Å². The number of ether oxygens (including phenoxy) is 1. The van der Waals surface area contributed by atoms with Crippen LogP contribution in [0.4, 0.5) is 20.4 Å². The molecule has 40 heavy (non-hydrogen) atoms. The van der Waals surface area contributed by atoms with Crippen molar-refractivity contribution < 1.29 is 17.9 Å².